The average Bonchev–Trinajstić information content (AvgIpc) is 3.14. The van der Waals surface area contributed by atoms with Crippen LogP contribution in [0.5, 0.6) is 11.8 Å². The van der Waals surface area contributed by atoms with E-state index in [0.717, 1.165) is 0 Å². The first-order chi connectivity index (χ1) is 12.7. The van der Waals surface area contributed by atoms with E-state index < -0.39 is 5.97 Å². The average molecular weight is 354 g/mol. The second kappa shape index (κ2) is 7.64. The molecule has 0 saturated carbocycles. The van der Waals surface area contributed by atoms with E-state index in [9.17, 15) is 4.79 Å². The van der Waals surface area contributed by atoms with Gasteiger partial charge in [-0.1, -0.05) is 6.07 Å². The van der Waals surface area contributed by atoms with Crippen molar-refractivity contribution in [2.75, 3.05) is 20.8 Å². The molecule has 0 aromatic carbocycles. The topological polar surface area (TPSA) is 88.4 Å². The summed E-state index contributed by atoms with van der Waals surface area (Å²) in [4.78, 5) is 20.7. The van der Waals surface area contributed by atoms with Gasteiger partial charge in [-0.15, -0.1) is 0 Å². The van der Waals surface area contributed by atoms with Crippen molar-refractivity contribution in [1.29, 1.82) is 0 Å². The van der Waals surface area contributed by atoms with E-state index in [1.165, 1.54) is 0 Å². The Labute approximate surface area is 150 Å². The minimum absolute atomic E-state index is 0.183. The molecular formula is C18H18N4O4. The molecule has 8 heteroatoms. The van der Waals surface area contributed by atoms with Gasteiger partial charge >= 0.3 is 5.97 Å². The van der Waals surface area contributed by atoms with Crippen molar-refractivity contribution in [2.45, 2.75) is 6.92 Å². The predicted octanol–water partition coefficient (Wildman–Crippen LogP) is 2.52. The van der Waals surface area contributed by atoms with E-state index in [-0.39, 0.29) is 12.3 Å². The smallest absolute Gasteiger partial charge is 0.358 e. The lowest BCUT2D eigenvalue weighted by Gasteiger charge is -2.08. The van der Waals surface area contributed by atoms with Gasteiger partial charge in [0.25, 0.3) is 0 Å². The number of hydrogen-bond donors (Lipinski definition) is 0. The van der Waals surface area contributed by atoms with Crippen molar-refractivity contribution < 1.29 is 19.0 Å². The lowest BCUT2D eigenvalue weighted by Crippen LogP contribution is -2.07. The molecule has 0 bridgehead atoms. The van der Waals surface area contributed by atoms with Gasteiger partial charge in [0.2, 0.25) is 11.8 Å². The summed E-state index contributed by atoms with van der Waals surface area (Å²) in [6, 6.07) is 10.5. The molecule has 0 aliphatic carbocycles. The van der Waals surface area contributed by atoms with Gasteiger partial charge < -0.3 is 14.2 Å². The van der Waals surface area contributed by atoms with E-state index in [4.69, 9.17) is 14.2 Å². The van der Waals surface area contributed by atoms with Gasteiger partial charge in [0.05, 0.1) is 44.1 Å². The Kier molecular flexibility index (Phi) is 5.12. The summed E-state index contributed by atoms with van der Waals surface area (Å²) in [5, 5.41) is 4.37. The number of carbonyl (C=O) groups excluding carboxylic acids is 1. The molecule has 8 nitrogen and oxygen atoms in total. The maximum absolute atomic E-state index is 12.1. The molecule has 3 rings (SSSR count). The van der Waals surface area contributed by atoms with Crippen LogP contribution in [0, 0.1) is 0 Å². The minimum Gasteiger partial charge on any atom is -0.481 e. The molecule has 3 heterocycles. The summed E-state index contributed by atoms with van der Waals surface area (Å²) in [7, 11) is 3.08. The largest absolute Gasteiger partial charge is 0.481 e. The fourth-order valence-corrected chi connectivity index (χ4v) is 2.35. The first kappa shape index (κ1) is 17.4. The number of carbonyl (C=O) groups is 1. The van der Waals surface area contributed by atoms with Crippen LogP contribution in [0.3, 0.4) is 0 Å². The number of hydrogen-bond acceptors (Lipinski definition) is 7. The summed E-state index contributed by atoms with van der Waals surface area (Å²) < 4.78 is 16.9. The van der Waals surface area contributed by atoms with Gasteiger partial charge in [0.15, 0.2) is 5.69 Å². The number of aromatic nitrogens is 4. The number of rotatable bonds is 6. The third kappa shape index (κ3) is 3.49. The van der Waals surface area contributed by atoms with Crippen molar-refractivity contribution >= 4 is 5.97 Å². The van der Waals surface area contributed by atoms with Gasteiger partial charge in [-0.05, 0) is 19.1 Å². The Balaban J connectivity index is 2.12. The summed E-state index contributed by atoms with van der Waals surface area (Å²) in [5.74, 6) is 0.435. The van der Waals surface area contributed by atoms with E-state index in [1.807, 2.05) is 12.1 Å². The fourth-order valence-electron chi connectivity index (χ4n) is 2.35. The zero-order valence-corrected chi connectivity index (χ0v) is 14.7. The van der Waals surface area contributed by atoms with Gasteiger partial charge in [-0.2, -0.15) is 5.10 Å². The number of esters is 1. The molecule has 0 aliphatic rings. The van der Waals surface area contributed by atoms with Crippen LogP contribution < -0.4 is 9.47 Å². The van der Waals surface area contributed by atoms with E-state index >= 15 is 0 Å². The standard InChI is InChI=1S/C18H18N4O4/c1-4-26-18(23)14-10-15(13-6-5-7-17(20-13)25-3)22(21-14)12-8-9-16(24-2)19-11-12/h5-11H,4H2,1-3H3. The molecule has 3 aromatic rings. The Morgan fingerprint density at radius 3 is 2.58 bits per heavy atom. The molecule has 0 unspecified atom stereocenters. The van der Waals surface area contributed by atoms with Crippen molar-refractivity contribution in [3.8, 4) is 28.8 Å². The highest BCUT2D eigenvalue weighted by atomic mass is 16.5. The first-order valence-corrected chi connectivity index (χ1v) is 7.95. The molecule has 0 radical (unpaired) electrons. The lowest BCUT2D eigenvalue weighted by atomic mass is 10.2. The van der Waals surface area contributed by atoms with Crippen LogP contribution in [-0.2, 0) is 4.74 Å². The highest BCUT2D eigenvalue weighted by molar-refractivity contribution is 5.88. The highest BCUT2D eigenvalue weighted by Crippen LogP contribution is 2.25. The third-order valence-corrected chi connectivity index (χ3v) is 3.56. The van der Waals surface area contributed by atoms with Crippen LogP contribution in [0.25, 0.3) is 17.1 Å². The molecule has 0 spiro atoms. The SMILES string of the molecule is CCOC(=O)c1cc(-c2cccc(OC)n2)n(-c2ccc(OC)nc2)n1. The Bertz CT molecular complexity index is 906. The third-order valence-electron chi connectivity index (χ3n) is 3.56. The molecule has 0 atom stereocenters. The van der Waals surface area contributed by atoms with Gasteiger partial charge in [-0.25, -0.2) is 19.4 Å². The summed E-state index contributed by atoms with van der Waals surface area (Å²) in [6.07, 6.45) is 1.60. The monoisotopic (exact) mass is 354 g/mol. The lowest BCUT2D eigenvalue weighted by molar-refractivity contribution is 0.0519. The van der Waals surface area contributed by atoms with Crippen molar-refractivity contribution in [3.63, 3.8) is 0 Å². The van der Waals surface area contributed by atoms with Gasteiger partial charge in [0, 0.05) is 18.2 Å². The van der Waals surface area contributed by atoms with E-state index in [0.29, 0.717) is 28.8 Å². The Morgan fingerprint density at radius 1 is 1.12 bits per heavy atom. The molecule has 134 valence electrons. The Morgan fingerprint density at radius 2 is 1.92 bits per heavy atom. The molecule has 0 aliphatic heterocycles. The zero-order valence-electron chi connectivity index (χ0n) is 14.7. The molecule has 0 amide bonds. The first-order valence-electron chi connectivity index (χ1n) is 7.95. The van der Waals surface area contributed by atoms with E-state index in [2.05, 4.69) is 15.1 Å². The molecule has 26 heavy (non-hydrogen) atoms. The maximum atomic E-state index is 12.1. The number of pyridine rings is 2. The fraction of sp³-hybridized carbons (Fsp3) is 0.222. The van der Waals surface area contributed by atoms with Gasteiger partial charge in [0.1, 0.15) is 0 Å². The molecule has 0 saturated heterocycles. The van der Waals surface area contributed by atoms with Crippen molar-refractivity contribution in [1.82, 2.24) is 19.7 Å². The predicted molar refractivity (Wildman–Crippen MR) is 93.7 cm³/mol. The highest BCUT2D eigenvalue weighted by Gasteiger charge is 2.19. The van der Waals surface area contributed by atoms with E-state index in [1.54, 1.807) is 56.3 Å². The van der Waals surface area contributed by atoms with Crippen molar-refractivity contribution in [2.24, 2.45) is 0 Å². The second-order valence-electron chi connectivity index (χ2n) is 5.17. The van der Waals surface area contributed by atoms with Crippen LogP contribution >= 0.6 is 0 Å². The quantitative estimate of drug-likeness (QED) is 0.628. The number of ether oxygens (including phenoxy) is 3. The molecule has 3 aromatic heterocycles. The summed E-state index contributed by atoms with van der Waals surface area (Å²) >= 11 is 0. The summed E-state index contributed by atoms with van der Waals surface area (Å²) in [6.45, 7) is 2.01. The number of methoxy groups -OCH3 is 2. The zero-order chi connectivity index (χ0) is 18.5. The van der Waals surface area contributed by atoms with Crippen LogP contribution in [0.15, 0.2) is 42.6 Å². The Hall–Kier alpha value is -3.42. The minimum atomic E-state index is -0.503. The maximum Gasteiger partial charge on any atom is 0.358 e. The van der Waals surface area contributed by atoms with Crippen molar-refractivity contribution in [3.05, 3.63) is 48.3 Å². The second-order valence-corrected chi connectivity index (χ2v) is 5.17. The molecular weight excluding hydrogens is 336 g/mol. The van der Waals surface area contributed by atoms with Crippen LogP contribution in [0.4, 0.5) is 0 Å². The van der Waals surface area contributed by atoms with Crippen LogP contribution in [-0.4, -0.2) is 46.5 Å². The van der Waals surface area contributed by atoms with Gasteiger partial charge in [-0.3, -0.25) is 0 Å². The van der Waals surface area contributed by atoms with Crippen LogP contribution in [0.1, 0.15) is 17.4 Å². The normalized spacial score (nSPS) is 10.4. The molecule has 0 N–H and O–H groups in total. The summed E-state index contributed by atoms with van der Waals surface area (Å²) in [5.41, 5.74) is 2.05. The number of nitrogens with zero attached hydrogens (tertiary/aromatic N) is 4. The molecule has 0 fully saturated rings. The van der Waals surface area contributed by atoms with Crippen LogP contribution in [0.2, 0.25) is 0 Å².